The Morgan fingerprint density at radius 3 is 2.78 bits per heavy atom. The average molecular weight is 238 g/mol. The van der Waals surface area contributed by atoms with E-state index >= 15 is 0 Å². The summed E-state index contributed by atoms with van der Waals surface area (Å²) in [4.78, 5) is 0. The Kier molecular flexibility index (Phi) is 2.61. The Balaban J connectivity index is 2.22. The number of hydrogen-bond acceptors (Lipinski definition) is 3. The molecule has 3 heteroatoms. The first-order valence-corrected chi connectivity index (χ1v) is 5.94. The largest absolute Gasteiger partial charge is 0.355 e. The number of fused-ring (bicyclic) bond motifs is 1. The molecule has 3 rings (SSSR count). The van der Waals surface area contributed by atoms with Gasteiger partial charge in [-0.25, -0.2) is 0 Å². The summed E-state index contributed by atoms with van der Waals surface area (Å²) in [6, 6.07) is 14.1. The lowest BCUT2D eigenvalue weighted by Gasteiger charge is -2.01. The molecule has 0 spiro atoms. The van der Waals surface area contributed by atoms with E-state index in [-0.39, 0.29) is 0 Å². The number of hydrogen-bond donors (Lipinski definition) is 1. The summed E-state index contributed by atoms with van der Waals surface area (Å²) < 4.78 is 5.49. The molecule has 3 aromatic rings. The van der Waals surface area contributed by atoms with E-state index in [1.807, 2.05) is 36.4 Å². The van der Waals surface area contributed by atoms with Crippen LogP contribution in [0.5, 0.6) is 0 Å². The number of nitrogens with two attached hydrogens (primary N) is 1. The minimum absolute atomic E-state index is 0.516. The standard InChI is InChI=1S/C15H14N2O/c1-10-4-2-3-5-12(10)15-13-7-6-11(9-16)8-14(13)17-18-15/h2-8H,9,16H2,1H3. The zero-order valence-electron chi connectivity index (χ0n) is 10.2. The number of aryl methyl sites for hydroxylation is 1. The van der Waals surface area contributed by atoms with Crippen molar-refractivity contribution in [1.29, 1.82) is 0 Å². The number of benzene rings is 2. The second-order valence-corrected chi connectivity index (χ2v) is 4.38. The lowest BCUT2D eigenvalue weighted by molar-refractivity contribution is 0.440. The van der Waals surface area contributed by atoms with Crippen molar-refractivity contribution in [2.24, 2.45) is 5.73 Å². The van der Waals surface area contributed by atoms with Crippen LogP contribution in [0.1, 0.15) is 11.1 Å². The molecule has 0 unspecified atom stereocenters. The van der Waals surface area contributed by atoms with Gasteiger partial charge < -0.3 is 10.3 Å². The lowest BCUT2D eigenvalue weighted by Crippen LogP contribution is -1.95. The zero-order chi connectivity index (χ0) is 12.5. The van der Waals surface area contributed by atoms with Crippen molar-refractivity contribution in [3.63, 3.8) is 0 Å². The van der Waals surface area contributed by atoms with E-state index in [2.05, 4.69) is 18.1 Å². The molecule has 0 saturated heterocycles. The predicted molar refractivity (Wildman–Crippen MR) is 72.1 cm³/mol. The van der Waals surface area contributed by atoms with E-state index in [9.17, 15) is 0 Å². The van der Waals surface area contributed by atoms with Crippen LogP contribution in [0.25, 0.3) is 22.2 Å². The molecule has 2 N–H and O–H groups in total. The maximum absolute atomic E-state index is 5.62. The van der Waals surface area contributed by atoms with Crippen molar-refractivity contribution in [1.82, 2.24) is 5.16 Å². The summed E-state index contributed by atoms with van der Waals surface area (Å²) in [7, 11) is 0. The normalized spacial score (nSPS) is 11.0. The predicted octanol–water partition coefficient (Wildman–Crippen LogP) is 3.26. The summed E-state index contributed by atoms with van der Waals surface area (Å²) in [6.07, 6.45) is 0. The topological polar surface area (TPSA) is 52.0 Å². The molecular formula is C15H14N2O. The first-order chi connectivity index (χ1) is 8.79. The number of rotatable bonds is 2. The van der Waals surface area contributed by atoms with E-state index in [0.29, 0.717) is 6.54 Å². The van der Waals surface area contributed by atoms with Crippen LogP contribution in [0.4, 0.5) is 0 Å². The van der Waals surface area contributed by atoms with Crippen LogP contribution in [0.3, 0.4) is 0 Å². The fourth-order valence-electron chi connectivity index (χ4n) is 2.14. The highest BCUT2D eigenvalue weighted by molar-refractivity contribution is 5.92. The minimum atomic E-state index is 0.516. The van der Waals surface area contributed by atoms with Crippen LogP contribution in [0.15, 0.2) is 47.0 Å². The van der Waals surface area contributed by atoms with E-state index < -0.39 is 0 Å². The van der Waals surface area contributed by atoms with Crippen LogP contribution >= 0.6 is 0 Å². The summed E-state index contributed by atoms with van der Waals surface area (Å²) in [5.41, 5.74) is 9.81. The van der Waals surface area contributed by atoms with E-state index in [1.54, 1.807) is 0 Å². The van der Waals surface area contributed by atoms with Crippen LogP contribution in [0, 0.1) is 6.92 Å². The molecule has 0 bridgehead atoms. The van der Waals surface area contributed by atoms with Gasteiger partial charge in [-0.1, -0.05) is 35.5 Å². The van der Waals surface area contributed by atoms with Crippen molar-refractivity contribution in [3.05, 3.63) is 53.6 Å². The number of aromatic nitrogens is 1. The highest BCUT2D eigenvalue weighted by atomic mass is 16.5. The van der Waals surface area contributed by atoms with Crippen molar-refractivity contribution in [2.45, 2.75) is 13.5 Å². The highest BCUT2D eigenvalue weighted by Gasteiger charge is 2.12. The quantitative estimate of drug-likeness (QED) is 0.745. The molecule has 1 aromatic heterocycles. The van der Waals surface area contributed by atoms with E-state index in [0.717, 1.165) is 27.8 Å². The van der Waals surface area contributed by atoms with Gasteiger partial charge in [0.2, 0.25) is 0 Å². The lowest BCUT2D eigenvalue weighted by atomic mass is 10.0. The Bertz CT molecular complexity index is 701. The molecule has 90 valence electrons. The summed E-state index contributed by atoms with van der Waals surface area (Å²) in [5, 5.41) is 5.14. The molecule has 0 radical (unpaired) electrons. The minimum Gasteiger partial charge on any atom is -0.355 e. The highest BCUT2D eigenvalue weighted by Crippen LogP contribution is 2.31. The maximum Gasteiger partial charge on any atom is 0.174 e. The van der Waals surface area contributed by atoms with Crippen molar-refractivity contribution in [3.8, 4) is 11.3 Å². The molecule has 0 aliphatic heterocycles. The Morgan fingerprint density at radius 1 is 1.17 bits per heavy atom. The molecule has 0 amide bonds. The number of nitrogens with zero attached hydrogens (tertiary/aromatic N) is 1. The monoisotopic (exact) mass is 238 g/mol. The van der Waals surface area contributed by atoms with Crippen LogP contribution in [-0.4, -0.2) is 5.16 Å². The third-order valence-corrected chi connectivity index (χ3v) is 3.17. The molecule has 3 nitrogen and oxygen atoms in total. The zero-order valence-corrected chi connectivity index (χ0v) is 10.2. The second-order valence-electron chi connectivity index (χ2n) is 4.38. The first-order valence-electron chi connectivity index (χ1n) is 5.94. The maximum atomic E-state index is 5.62. The van der Waals surface area contributed by atoms with Gasteiger partial charge in [-0.05, 0) is 30.2 Å². The molecule has 0 saturated carbocycles. The fourth-order valence-corrected chi connectivity index (χ4v) is 2.14. The molecule has 2 aromatic carbocycles. The molecule has 18 heavy (non-hydrogen) atoms. The van der Waals surface area contributed by atoms with Gasteiger partial charge in [0.25, 0.3) is 0 Å². The Morgan fingerprint density at radius 2 is 2.00 bits per heavy atom. The molecule has 0 aliphatic rings. The SMILES string of the molecule is Cc1ccccc1-c1onc2cc(CN)ccc12. The Labute approximate surface area is 105 Å². The van der Waals surface area contributed by atoms with Gasteiger partial charge in [0.05, 0.1) is 0 Å². The third kappa shape index (κ3) is 1.69. The smallest absolute Gasteiger partial charge is 0.174 e. The summed E-state index contributed by atoms with van der Waals surface area (Å²) in [5.74, 6) is 0.826. The molecule has 0 aliphatic carbocycles. The Hall–Kier alpha value is -2.13. The van der Waals surface area contributed by atoms with Crippen LogP contribution < -0.4 is 5.73 Å². The van der Waals surface area contributed by atoms with Crippen molar-refractivity contribution < 1.29 is 4.52 Å². The van der Waals surface area contributed by atoms with Gasteiger partial charge in [-0.2, -0.15) is 0 Å². The fraction of sp³-hybridized carbons (Fsp3) is 0.133. The molecule has 0 fully saturated rings. The van der Waals surface area contributed by atoms with Crippen LogP contribution in [-0.2, 0) is 6.54 Å². The molecule has 1 heterocycles. The van der Waals surface area contributed by atoms with E-state index in [1.165, 1.54) is 5.56 Å². The van der Waals surface area contributed by atoms with Crippen molar-refractivity contribution in [2.75, 3.05) is 0 Å². The van der Waals surface area contributed by atoms with Gasteiger partial charge in [-0.15, -0.1) is 0 Å². The van der Waals surface area contributed by atoms with E-state index in [4.69, 9.17) is 10.3 Å². The average Bonchev–Trinajstić information content (AvgIpc) is 2.82. The summed E-state index contributed by atoms with van der Waals surface area (Å²) in [6.45, 7) is 2.58. The molecular weight excluding hydrogens is 224 g/mol. The van der Waals surface area contributed by atoms with Crippen LogP contribution in [0.2, 0.25) is 0 Å². The van der Waals surface area contributed by atoms with Crippen molar-refractivity contribution >= 4 is 10.9 Å². The van der Waals surface area contributed by atoms with Gasteiger partial charge in [0, 0.05) is 17.5 Å². The van der Waals surface area contributed by atoms with Gasteiger partial charge in [0.1, 0.15) is 5.52 Å². The molecule has 0 atom stereocenters. The first kappa shape index (κ1) is 11.0. The third-order valence-electron chi connectivity index (χ3n) is 3.17. The van der Waals surface area contributed by atoms with Gasteiger partial charge in [-0.3, -0.25) is 0 Å². The van der Waals surface area contributed by atoms with Gasteiger partial charge in [0.15, 0.2) is 5.76 Å². The summed E-state index contributed by atoms with van der Waals surface area (Å²) >= 11 is 0. The van der Waals surface area contributed by atoms with Gasteiger partial charge >= 0.3 is 0 Å². The second kappa shape index (κ2) is 4.27.